The van der Waals surface area contributed by atoms with Gasteiger partial charge in [-0.05, 0) is 43.7 Å². The van der Waals surface area contributed by atoms with Crippen molar-refractivity contribution in [2.75, 3.05) is 32.8 Å². The molecule has 1 amide bonds. The smallest absolute Gasteiger partial charge is 0.255 e. The molecule has 0 radical (unpaired) electrons. The van der Waals surface area contributed by atoms with Crippen LogP contribution in [0.1, 0.15) is 36.2 Å². The van der Waals surface area contributed by atoms with Gasteiger partial charge in [0.05, 0.1) is 27.4 Å². The number of carbonyl (C=O) groups excluding carboxylic acids is 1. The van der Waals surface area contributed by atoms with Gasteiger partial charge in [0, 0.05) is 29.5 Å². The van der Waals surface area contributed by atoms with Crippen LogP contribution in [0.3, 0.4) is 0 Å². The van der Waals surface area contributed by atoms with Crippen molar-refractivity contribution in [1.82, 2.24) is 0 Å². The first-order chi connectivity index (χ1) is 13.1. The highest BCUT2D eigenvalue weighted by molar-refractivity contribution is 6.04. The molecule has 0 unspecified atom stereocenters. The molecule has 0 heterocycles. The molecule has 0 aliphatic heterocycles. The molecule has 6 heteroatoms. The van der Waals surface area contributed by atoms with Crippen LogP contribution in [0.2, 0.25) is 0 Å². The molecule has 0 aliphatic rings. The van der Waals surface area contributed by atoms with Crippen LogP contribution in [0.25, 0.3) is 0 Å². The Hall–Kier alpha value is -2.73. The number of amides is 1. The third-order valence-corrected chi connectivity index (χ3v) is 3.87. The fourth-order valence-corrected chi connectivity index (χ4v) is 2.57. The van der Waals surface area contributed by atoms with Gasteiger partial charge in [-0.2, -0.15) is 0 Å². The summed E-state index contributed by atoms with van der Waals surface area (Å²) in [4.78, 5) is 12.7. The molecule has 146 valence electrons. The highest BCUT2D eigenvalue weighted by atomic mass is 16.5. The van der Waals surface area contributed by atoms with Crippen molar-refractivity contribution in [3.05, 3.63) is 47.5 Å². The highest BCUT2D eigenvalue weighted by Gasteiger charge is 2.13. The van der Waals surface area contributed by atoms with Crippen LogP contribution < -0.4 is 19.5 Å². The molecule has 0 spiro atoms. The van der Waals surface area contributed by atoms with Crippen LogP contribution in [0.5, 0.6) is 17.2 Å². The zero-order valence-electron chi connectivity index (χ0n) is 16.3. The average Bonchev–Trinajstić information content (AvgIpc) is 2.69. The summed E-state index contributed by atoms with van der Waals surface area (Å²) in [6.45, 7) is 5.59. The Morgan fingerprint density at radius 3 is 2.37 bits per heavy atom. The minimum absolute atomic E-state index is 0.220. The monoisotopic (exact) mass is 373 g/mol. The molecule has 6 nitrogen and oxygen atoms in total. The Morgan fingerprint density at radius 1 is 0.963 bits per heavy atom. The molecule has 0 saturated heterocycles. The summed E-state index contributed by atoms with van der Waals surface area (Å²) >= 11 is 0. The number of benzene rings is 2. The van der Waals surface area contributed by atoms with Crippen LogP contribution in [-0.2, 0) is 11.3 Å². The van der Waals surface area contributed by atoms with Gasteiger partial charge in [0.25, 0.3) is 5.91 Å². The number of ether oxygens (including phenoxy) is 4. The van der Waals surface area contributed by atoms with E-state index in [1.807, 2.05) is 6.92 Å². The molecule has 0 aromatic heterocycles. The Morgan fingerprint density at radius 2 is 1.70 bits per heavy atom. The lowest BCUT2D eigenvalue weighted by molar-refractivity contribution is 0.102. The van der Waals surface area contributed by atoms with E-state index in [1.54, 1.807) is 50.6 Å². The number of hydrogen-bond acceptors (Lipinski definition) is 5. The maximum Gasteiger partial charge on any atom is 0.255 e. The van der Waals surface area contributed by atoms with Crippen LogP contribution >= 0.6 is 0 Å². The van der Waals surface area contributed by atoms with Crippen LogP contribution in [0.4, 0.5) is 5.69 Å². The molecule has 2 rings (SSSR count). The summed E-state index contributed by atoms with van der Waals surface area (Å²) in [6, 6.07) is 10.6. The lowest BCUT2D eigenvalue weighted by Crippen LogP contribution is -2.13. The Balaban J connectivity index is 2.18. The number of nitrogens with one attached hydrogen (secondary N) is 1. The first kappa shape index (κ1) is 20.6. The van der Waals surface area contributed by atoms with Crippen LogP contribution in [0.15, 0.2) is 36.4 Å². The number of hydrogen-bond donors (Lipinski definition) is 1. The summed E-state index contributed by atoms with van der Waals surface area (Å²) in [5.41, 5.74) is 2.00. The number of carbonyl (C=O) groups is 1. The van der Waals surface area contributed by atoms with Gasteiger partial charge in [0.15, 0.2) is 11.5 Å². The highest BCUT2D eigenvalue weighted by Crippen LogP contribution is 2.30. The minimum atomic E-state index is -0.220. The van der Waals surface area contributed by atoms with Crippen molar-refractivity contribution in [1.29, 1.82) is 0 Å². The Kier molecular flexibility index (Phi) is 7.95. The standard InChI is InChI=1S/C21H27NO5/c1-5-11-26-14-16-12-15(7-9-18(16)27-6-2)21(23)22-17-8-10-19(24-3)20(13-17)25-4/h7-10,12-13H,5-6,11,14H2,1-4H3,(H,22,23). The van der Waals surface area contributed by atoms with Gasteiger partial charge < -0.3 is 24.3 Å². The van der Waals surface area contributed by atoms with E-state index in [4.69, 9.17) is 18.9 Å². The maximum atomic E-state index is 12.7. The second-order valence-corrected chi connectivity index (χ2v) is 5.83. The second kappa shape index (κ2) is 10.4. The average molecular weight is 373 g/mol. The van der Waals surface area contributed by atoms with Gasteiger partial charge in [-0.25, -0.2) is 0 Å². The third kappa shape index (κ3) is 5.62. The SMILES string of the molecule is CCCOCc1cc(C(=O)Nc2ccc(OC)c(OC)c2)ccc1OCC. The van der Waals surface area contributed by atoms with Crippen LogP contribution in [0, 0.1) is 0 Å². The molecular weight excluding hydrogens is 346 g/mol. The van der Waals surface area contributed by atoms with Crippen molar-refractivity contribution in [2.45, 2.75) is 26.9 Å². The molecule has 0 atom stereocenters. The second-order valence-electron chi connectivity index (χ2n) is 5.83. The van der Waals surface area contributed by atoms with Crippen LogP contribution in [-0.4, -0.2) is 33.3 Å². The topological polar surface area (TPSA) is 66.0 Å². The van der Waals surface area contributed by atoms with E-state index in [-0.39, 0.29) is 5.91 Å². The van der Waals surface area contributed by atoms with Gasteiger partial charge in [-0.1, -0.05) is 6.92 Å². The number of rotatable bonds is 10. The van der Waals surface area contributed by atoms with Crippen molar-refractivity contribution < 1.29 is 23.7 Å². The summed E-state index contributed by atoms with van der Waals surface area (Å²) in [6.07, 6.45) is 0.934. The minimum Gasteiger partial charge on any atom is -0.494 e. The maximum absolute atomic E-state index is 12.7. The fraction of sp³-hybridized carbons (Fsp3) is 0.381. The van der Waals surface area contributed by atoms with Crippen molar-refractivity contribution in [3.63, 3.8) is 0 Å². The lowest BCUT2D eigenvalue weighted by Gasteiger charge is -2.13. The normalized spacial score (nSPS) is 10.4. The van der Waals surface area contributed by atoms with E-state index in [2.05, 4.69) is 12.2 Å². The molecule has 0 fully saturated rings. The van der Waals surface area contributed by atoms with E-state index in [0.717, 1.165) is 17.7 Å². The zero-order chi connectivity index (χ0) is 19.6. The molecule has 27 heavy (non-hydrogen) atoms. The lowest BCUT2D eigenvalue weighted by atomic mass is 10.1. The first-order valence-corrected chi connectivity index (χ1v) is 8.99. The Bertz CT molecular complexity index is 760. The van der Waals surface area contributed by atoms with E-state index in [0.29, 0.717) is 42.6 Å². The van der Waals surface area contributed by atoms with Gasteiger partial charge in [-0.15, -0.1) is 0 Å². The van der Waals surface area contributed by atoms with E-state index in [1.165, 1.54) is 0 Å². The van der Waals surface area contributed by atoms with E-state index in [9.17, 15) is 4.79 Å². The number of methoxy groups -OCH3 is 2. The van der Waals surface area contributed by atoms with Gasteiger partial charge in [0.2, 0.25) is 0 Å². The quantitative estimate of drug-likeness (QED) is 0.630. The first-order valence-electron chi connectivity index (χ1n) is 8.99. The van der Waals surface area contributed by atoms with Gasteiger partial charge >= 0.3 is 0 Å². The largest absolute Gasteiger partial charge is 0.494 e. The predicted octanol–water partition coefficient (Wildman–Crippen LogP) is 4.28. The summed E-state index contributed by atoms with van der Waals surface area (Å²) in [5.74, 6) is 1.67. The summed E-state index contributed by atoms with van der Waals surface area (Å²) in [7, 11) is 3.12. The molecule has 1 N–H and O–H groups in total. The molecule has 0 saturated carbocycles. The Labute approximate surface area is 160 Å². The molecular formula is C21H27NO5. The van der Waals surface area contributed by atoms with Crippen molar-refractivity contribution in [3.8, 4) is 17.2 Å². The summed E-state index contributed by atoms with van der Waals surface area (Å²) < 4.78 is 21.7. The number of anilines is 1. The predicted molar refractivity (Wildman–Crippen MR) is 105 cm³/mol. The molecule has 2 aromatic rings. The molecule has 0 aliphatic carbocycles. The van der Waals surface area contributed by atoms with E-state index >= 15 is 0 Å². The summed E-state index contributed by atoms with van der Waals surface area (Å²) in [5, 5.41) is 2.87. The third-order valence-electron chi connectivity index (χ3n) is 3.87. The zero-order valence-corrected chi connectivity index (χ0v) is 16.3. The van der Waals surface area contributed by atoms with Crippen molar-refractivity contribution >= 4 is 11.6 Å². The van der Waals surface area contributed by atoms with Gasteiger partial charge in [-0.3, -0.25) is 4.79 Å². The van der Waals surface area contributed by atoms with Gasteiger partial charge in [0.1, 0.15) is 5.75 Å². The molecule has 0 bridgehead atoms. The van der Waals surface area contributed by atoms with E-state index < -0.39 is 0 Å². The fourth-order valence-electron chi connectivity index (χ4n) is 2.57. The van der Waals surface area contributed by atoms with Crippen molar-refractivity contribution in [2.24, 2.45) is 0 Å². The molecule has 2 aromatic carbocycles.